The van der Waals surface area contributed by atoms with Crippen LogP contribution in [0.2, 0.25) is 0 Å². The number of carbonyl (C=O) groups is 2. The third-order valence-corrected chi connectivity index (χ3v) is 8.75. The van der Waals surface area contributed by atoms with Crippen LogP contribution in [0.3, 0.4) is 0 Å². The molecule has 10 heteroatoms. The largest absolute Gasteiger partial charge is 0.472 e. The predicted molar refractivity (Wildman–Crippen MR) is 215 cm³/mol. The van der Waals surface area contributed by atoms with Crippen molar-refractivity contribution in [2.45, 2.75) is 136 Å². The van der Waals surface area contributed by atoms with Gasteiger partial charge < -0.3 is 18.9 Å². The fraction of sp³-hybridized carbons (Fsp3) is 0.667. The Kier molecular flexibility index (Phi) is 32.6. The number of phosphoric acid groups is 1. The van der Waals surface area contributed by atoms with Gasteiger partial charge in [0.25, 0.3) is 0 Å². The molecule has 0 aliphatic heterocycles. The summed E-state index contributed by atoms with van der Waals surface area (Å²) in [5.41, 5.74) is 0. The van der Waals surface area contributed by atoms with E-state index < -0.39 is 32.5 Å². The van der Waals surface area contributed by atoms with Crippen LogP contribution in [0.4, 0.5) is 0 Å². The number of carbonyl (C=O) groups excluding carboxylic acids is 2. The van der Waals surface area contributed by atoms with Crippen LogP contribution in [0.15, 0.2) is 72.9 Å². The van der Waals surface area contributed by atoms with E-state index in [1.165, 1.54) is 32.1 Å². The topological polar surface area (TPSA) is 108 Å². The Morgan fingerprint density at radius 2 is 1.10 bits per heavy atom. The van der Waals surface area contributed by atoms with E-state index >= 15 is 0 Å². The number of hydrogen-bond acceptors (Lipinski definition) is 7. The third-order valence-electron chi connectivity index (χ3n) is 7.76. The fourth-order valence-corrected chi connectivity index (χ4v) is 5.43. The second-order valence-electron chi connectivity index (χ2n) is 13.9. The number of esters is 2. The molecular formula is C42H73NO8P+. The first-order valence-electron chi connectivity index (χ1n) is 19.7. The number of unbranched alkanes of at least 4 members (excludes halogenated alkanes) is 8. The zero-order valence-electron chi connectivity index (χ0n) is 33.3. The Balaban J connectivity index is 4.51. The van der Waals surface area contributed by atoms with Crippen molar-refractivity contribution in [1.82, 2.24) is 0 Å². The van der Waals surface area contributed by atoms with Crippen molar-refractivity contribution in [2.75, 3.05) is 47.5 Å². The Morgan fingerprint density at radius 3 is 1.60 bits per heavy atom. The number of quaternary nitrogens is 1. The third kappa shape index (κ3) is 37.2. The van der Waals surface area contributed by atoms with Crippen molar-refractivity contribution in [3.8, 4) is 0 Å². The van der Waals surface area contributed by atoms with Gasteiger partial charge in [0, 0.05) is 12.8 Å². The minimum absolute atomic E-state index is 0.0178. The molecule has 0 bridgehead atoms. The van der Waals surface area contributed by atoms with Crippen LogP contribution >= 0.6 is 7.82 Å². The maximum atomic E-state index is 12.6. The van der Waals surface area contributed by atoms with Crippen molar-refractivity contribution >= 4 is 19.8 Å². The lowest BCUT2D eigenvalue weighted by atomic mass is 10.1. The quantitative estimate of drug-likeness (QED) is 0.0228. The van der Waals surface area contributed by atoms with Crippen LogP contribution in [-0.4, -0.2) is 74.9 Å². The van der Waals surface area contributed by atoms with Gasteiger partial charge in [0.05, 0.1) is 27.7 Å². The molecule has 0 aromatic carbocycles. The van der Waals surface area contributed by atoms with Crippen molar-refractivity contribution in [2.24, 2.45) is 0 Å². The van der Waals surface area contributed by atoms with Gasteiger partial charge in [-0.05, 0) is 51.4 Å². The molecule has 0 heterocycles. The van der Waals surface area contributed by atoms with Gasteiger partial charge in [0.15, 0.2) is 6.10 Å². The molecule has 0 aliphatic carbocycles. The maximum Gasteiger partial charge on any atom is 0.472 e. The Bertz CT molecular complexity index is 1120. The average Bonchev–Trinajstić information content (AvgIpc) is 3.09. The Hall–Kier alpha value is -2.55. The zero-order valence-corrected chi connectivity index (χ0v) is 34.2. The fourth-order valence-electron chi connectivity index (χ4n) is 4.68. The molecule has 1 unspecified atom stereocenters. The lowest BCUT2D eigenvalue weighted by Crippen LogP contribution is -2.37. The Labute approximate surface area is 317 Å². The van der Waals surface area contributed by atoms with Crippen LogP contribution in [0.25, 0.3) is 0 Å². The van der Waals surface area contributed by atoms with Crippen molar-refractivity contribution < 1.29 is 42.1 Å². The Morgan fingerprint density at radius 1 is 0.615 bits per heavy atom. The molecule has 1 N–H and O–H groups in total. The van der Waals surface area contributed by atoms with Crippen LogP contribution in [0, 0.1) is 0 Å². The molecule has 0 saturated heterocycles. The van der Waals surface area contributed by atoms with E-state index in [9.17, 15) is 19.0 Å². The molecule has 0 spiro atoms. The summed E-state index contributed by atoms with van der Waals surface area (Å²) < 4.78 is 34.0. The first kappa shape index (κ1) is 49.5. The molecular weight excluding hydrogens is 677 g/mol. The smallest absolute Gasteiger partial charge is 0.462 e. The van der Waals surface area contributed by atoms with E-state index in [1.54, 1.807) is 0 Å². The molecule has 0 amide bonds. The highest BCUT2D eigenvalue weighted by Crippen LogP contribution is 2.43. The van der Waals surface area contributed by atoms with Crippen LogP contribution in [0.1, 0.15) is 129 Å². The molecule has 0 aromatic rings. The molecule has 52 heavy (non-hydrogen) atoms. The minimum atomic E-state index is -4.38. The van der Waals surface area contributed by atoms with E-state index in [0.29, 0.717) is 23.9 Å². The van der Waals surface area contributed by atoms with Crippen molar-refractivity contribution in [3.63, 3.8) is 0 Å². The summed E-state index contributed by atoms with van der Waals surface area (Å²) >= 11 is 0. The van der Waals surface area contributed by atoms with Gasteiger partial charge in [-0.2, -0.15) is 0 Å². The molecule has 2 atom stereocenters. The van der Waals surface area contributed by atoms with Gasteiger partial charge in [-0.25, -0.2) is 4.57 Å². The second kappa shape index (κ2) is 34.2. The highest BCUT2D eigenvalue weighted by atomic mass is 31.2. The standard InChI is InChI=1S/C42H72NO8P/c1-6-8-10-12-14-16-17-18-19-20-21-22-23-24-25-27-28-30-32-34-41(44)48-38-40(39-50-52(46,47)49-37-36-43(3,4)5)51-42(45)35-33-31-29-26-15-13-11-9-7-2/h8,10,14,16,18-19,21-22,24-25,28,30,40H,6-7,9,11-13,15,17,20,23,26-27,29,31-39H2,1-5H3/p+1/b10-8-,16-14-,19-18-,22-21-,25-24-,30-28-/t40-/m1/s1. The first-order chi connectivity index (χ1) is 25.0. The summed E-state index contributed by atoms with van der Waals surface area (Å²) in [6, 6.07) is 0. The zero-order chi connectivity index (χ0) is 38.6. The molecule has 0 saturated carbocycles. The highest BCUT2D eigenvalue weighted by Gasteiger charge is 2.27. The SMILES string of the molecule is CC/C=C\C/C=C\C/C=C\C/C=C\C/C=C\C/C=C\CCC(=O)OC[C@H](COP(=O)(O)OCC[N+](C)(C)C)OC(=O)CCCCCCCCCCC. The number of nitrogens with zero attached hydrogens (tertiary/aromatic N) is 1. The molecule has 0 rings (SSSR count). The molecule has 0 aliphatic rings. The molecule has 298 valence electrons. The summed E-state index contributed by atoms with van der Waals surface area (Å²) in [7, 11) is 1.43. The van der Waals surface area contributed by atoms with Crippen LogP contribution < -0.4 is 0 Å². The normalized spacial score (nSPS) is 14.5. The van der Waals surface area contributed by atoms with E-state index in [4.69, 9.17) is 18.5 Å². The summed E-state index contributed by atoms with van der Waals surface area (Å²) in [5, 5.41) is 0. The number of likely N-dealkylation sites (N-methyl/N-ethyl adjacent to an activating group) is 1. The first-order valence-corrected chi connectivity index (χ1v) is 21.2. The monoisotopic (exact) mass is 751 g/mol. The summed E-state index contributed by atoms with van der Waals surface area (Å²) in [6.07, 6.45) is 41.2. The molecule has 0 aromatic heterocycles. The van der Waals surface area contributed by atoms with E-state index in [2.05, 4.69) is 74.6 Å². The van der Waals surface area contributed by atoms with Gasteiger partial charge in [0.1, 0.15) is 19.8 Å². The number of ether oxygens (including phenoxy) is 2. The summed E-state index contributed by atoms with van der Waals surface area (Å²) in [6.45, 7) is 4.16. The van der Waals surface area contributed by atoms with Gasteiger partial charge in [-0.3, -0.25) is 18.6 Å². The lowest BCUT2D eigenvalue weighted by Gasteiger charge is -2.24. The van der Waals surface area contributed by atoms with Crippen molar-refractivity contribution in [1.29, 1.82) is 0 Å². The van der Waals surface area contributed by atoms with Gasteiger partial charge in [-0.1, -0.05) is 138 Å². The van der Waals surface area contributed by atoms with Gasteiger partial charge >= 0.3 is 19.8 Å². The summed E-state index contributed by atoms with van der Waals surface area (Å²) in [5.74, 6) is -0.907. The van der Waals surface area contributed by atoms with E-state index in [-0.39, 0.29) is 26.1 Å². The maximum absolute atomic E-state index is 12.6. The van der Waals surface area contributed by atoms with Crippen molar-refractivity contribution in [3.05, 3.63) is 72.9 Å². The number of phosphoric ester groups is 1. The molecule has 0 radical (unpaired) electrons. The van der Waals surface area contributed by atoms with Gasteiger partial charge in [-0.15, -0.1) is 0 Å². The highest BCUT2D eigenvalue weighted by molar-refractivity contribution is 7.47. The second-order valence-corrected chi connectivity index (χ2v) is 15.4. The van der Waals surface area contributed by atoms with Gasteiger partial charge in [0.2, 0.25) is 0 Å². The van der Waals surface area contributed by atoms with E-state index in [0.717, 1.165) is 57.8 Å². The molecule has 0 fully saturated rings. The van der Waals surface area contributed by atoms with Crippen LogP contribution in [0.5, 0.6) is 0 Å². The van der Waals surface area contributed by atoms with Crippen LogP contribution in [-0.2, 0) is 32.7 Å². The number of hydrogen-bond donors (Lipinski definition) is 1. The number of rotatable bonds is 34. The minimum Gasteiger partial charge on any atom is -0.462 e. The predicted octanol–water partition coefficient (Wildman–Crippen LogP) is 10.7. The van der Waals surface area contributed by atoms with E-state index in [1.807, 2.05) is 33.3 Å². The lowest BCUT2D eigenvalue weighted by molar-refractivity contribution is -0.870. The summed E-state index contributed by atoms with van der Waals surface area (Å²) in [4.78, 5) is 35.1. The number of allylic oxidation sites excluding steroid dienone is 12. The average molecular weight is 751 g/mol. The molecule has 9 nitrogen and oxygen atoms in total.